The van der Waals surface area contributed by atoms with Gasteiger partial charge in [-0.2, -0.15) is 10.2 Å². The van der Waals surface area contributed by atoms with Gasteiger partial charge in [0.05, 0.1) is 12.2 Å². The molecule has 4 N–H and O–H groups in total. The number of anilines is 1. The van der Waals surface area contributed by atoms with Crippen LogP contribution < -0.4 is 11.1 Å². The summed E-state index contributed by atoms with van der Waals surface area (Å²) in [7, 11) is 0. The largest absolute Gasteiger partial charge is 0.396 e. The van der Waals surface area contributed by atoms with Gasteiger partial charge in [0.1, 0.15) is 12.2 Å². The summed E-state index contributed by atoms with van der Waals surface area (Å²) in [6.45, 7) is 2.85. The fourth-order valence-electron chi connectivity index (χ4n) is 1.34. The molecule has 0 radical (unpaired) electrons. The summed E-state index contributed by atoms with van der Waals surface area (Å²) in [6, 6.07) is 0. The van der Waals surface area contributed by atoms with Gasteiger partial charge in [-0.1, -0.05) is 0 Å². The Kier molecular flexibility index (Phi) is 3.03. The highest BCUT2D eigenvalue weighted by Crippen LogP contribution is 2.08. The quantitative estimate of drug-likeness (QED) is 0.663. The highest BCUT2D eigenvalue weighted by Gasteiger charge is 2.14. The SMILES string of the molecule is CCn1cc(N)c(C(=O)NCc2ncn[nH]2)n1. The lowest BCUT2D eigenvalue weighted by Crippen LogP contribution is -2.24. The molecule has 17 heavy (non-hydrogen) atoms. The van der Waals surface area contributed by atoms with Crippen molar-refractivity contribution in [3.63, 3.8) is 0 Å². The Morgan fingerprint density at radius 1 is 1.65 bits per heavy atom. The van der Waals surface area contributed by atoms with E-state index in [0.29, 0.717) is 18.1 Å². The Morgan fingerprint density at radius 3 is 3.06 bits per heavy atom. The predicted molar refractivity (Wildman–Crippen MR) is 59.9 cm³/mol. The van der Waals surface area contributed by atoms with E-state index >= 15 is 0 Å². The van der Waals surface area contributed by atoms with E-state index in [1.807, 2.05) is 6.92 Å². The summed E-state index contributed by atoms with van der Waals surface area (Å²) in [4.78, 5) is 15.6. The molecule has 90 valence electrons. The molecular formula is C9H13N7O. The molecule has 0 unspecified atom stereocenters. The summed E-state index contributed by atoms with van der Waals surface area (Å²) in [5.41, 5.74) is 6.28. The minimum Gasteiger partial charge on any atom is -0.396 e. The number of aromatic nitrogens is 5. The van der Waals surface area contributed by atoms with Crippen molar-refractivity contribution in [1.82, 2.24) is 30.3 Å². The Labute approximate surface area is 97.2 Å². The molecule has 2 aromatic heterocycles. The zero-order valence-corrected chi connectivity index (χ0v) is 9.34. The summed E-state index contributed by atoms with van der Waals surface area (Å²) in [5.74, 6) is 0.248. The van der Waals surface area contributed by atoms with Crippen LogP contribution in [0.25, 0.3) is 0 Å². The Hall–Kier alpha value is -2.38. The average molecular weight is 235 g/mol. The normalized spacial score (nSPS) is 10.4. The third kappa shape index (κ3) is 2.41. The van der Waals surface area contributed by atoms with Crippen LogP contribution >= 0.6 is 0 Å². The van der Waals surface area contributed by atoms with Gasteiger partial charge in [0.2, 0.25) is 0 Å². The maximum absolute atomic E-state index is 11.8. The van der Waals surface area contributed by atoms with E-state index in [1.54, 1.807) is 10.9 Å². The average Bonchev–Trinajstić information content (AvgIpc) is 2.94. The number of hydrogen-bond donors (Lipinski definition) is 3. The van der Waals surface area contributed by atoms with Gasteiger partial charge >= 0.3 is 0 Å². The van der Waals surface area contributed by atoms with Crippen LogP contribution in [-0.2, 0) is 13.1 Å². The highest BCUT2D eigenvalue weighted by molar-refractivity contribution is 5.96. The van der Waals surface area contributed by atoms with Crippen LogP contribution in [0.2, 0.25) is 0 Å². The van der Waals surface area contributed by atoms with Crippen LogP contribution in [0.1, 0.15) is 23.2 Å². The van der Waals surface area contributed by atoms with Crippen molar-refractivity contribution in [1.29, 1.82) is 0 Å². The number of aryl methyl sites for hydroxylation is 1. The van der Waals surface area contributed by atoms with Crippen molar-refractivity contribution >= 4 is 11.6 Å². The molecule has 0 saturated carbocycles. The van der Waals surface area contributed by atoms with Crippen molar-refractivity contribution in [2.75, 3.05) is 5.73 Å². The van der Waals surface area contributed by atoms with Crippen molar-refractivity contribution in [2.45, 2.75) is 20.0 Å². The Bertz CT molecular complexity index is 501. The molecule has 0 spiro atoms. The monoisotopic (exact) mass is 235 g/mol. The van der Waals surface area contributed by atoms with Crippen LogP contribution in [-0.4, -0.2) is 30.9 Å². The summed E-state index contributed by atoms with van der Waals surface area (Å²) < 4.78 is 1.61. The topological polar surface area (TPSA) is 115 Å². The fraction of sp³-hybridized carbons (Fsp3) is 0.333. The van der Waals surface area contributed by atoms with E-state index < -0.39 is 0 Å². The molecule has 2 heterocycles. The number of amides is 1. The molecular weight excluding hydrogens is 222 g/mol. The second-order valence-corrected chi connectivity index (χ2v) is 3.40. The van der Waals surface area contributed by atoms with Gasteiger partial charge in [-0.25, -0.2) is 4.98 Å². The molecule has 2 aromatic rings. The molecule has 0 aromatic carbocycles. The first-order valence-corrected chi connectivity index (χ1v) is 5.16. The highest BCUT2D eigenvalue weighted by atomic mass is 16.2. The minimum absolute atomic E-state index is 0.228. The zero-order chi connectivity index (χ0) is 12.3. The lowest BCUT2D eigenvalue weighted by atomic mass is 10.3. The zero-order valence-electron chi connectivity index (χ0n) is 9.34. The molecule has 0 atom stereocenters. The van der Waals surface area contributed by atoms with E-state index in [-0.39, 0.29) is 18.1 Å². The lowest BCUT2D eigenvalue weighted by molar-refractivity contribution is 0.0945. The number of carbonyl (C=O) groups is 1. The predicted octanol–water partition coefficient (Wildman–Crippen LogP) is -0.467. The molecule has 2 rings (SSSR count). The van der Waals surface area contributed by atoms with Crippen LogP contribution in [0.3, 0.4) is 0 Å². The van der Waals surface area contributed by atoms with Crippen LogP contribution in [0, 0.1) is 0 Å². The molecule has 8 nitrogen and oxygen atoms in total. The van der Waals surface area contributed by atoms with Crippen molar-refractivity contribution in [2.24, 2.45) is 0 Å². The number of carbonyl (C=O) groups excluding carboxylic acids is 1. The van der Waals surface area contributed by atoms with Gasteiger partial charge in [-0.15, -0.1) is 0 Å². The molecule has 8 heteroatoms. The smallest absolute Gasteiger partial charge is 0.274 e. The molecule has 0 aliphatic heterocycles. The summed E-state index contributed by atoms with van der Waals surface area (Å²) in [5, 5.41) is 13.0. The summed E-state index contributed by atoms with van der Waals surface area (Å²) >= 11 is 0. The van der Waals surface area contributed by atoms with Crippen LogP contribution in [0.4, 0.5) is 5.69 Å². The Morgan fingerprint density at radius 2 is 2.47 bits per heavy atom. The van der Waals surface area contributed by atoms with Gasteiger partial charge in [0, 0.05) is 12.7 Å². The number of nitrogens with one attached hydrogen (secondary N) is 2. The lowest BCUT2D eigenvalue weighted by Gasteiger charge is -2.00. The maximum Gasteiger partial charge on any atom is 0.274 e. The number of nitrogen functional groups attached to an aromatic ring is 1. The molecule has 1 amide bonds. The fourth-order valence-corrected chi connectivity index (χ4v) is 1.34. The number of rotatable bonds is 4. The van der Waals surface area contributed by atoms with Gasteiger partial charge in [-0.3, -0.25) is 14.6 Å². The second kappa shape index (κ2) is 4.64. The van der Waals surface area contributed by atoms with Crippen LogP contribution in [0.5, 0.6) is 0 Å². The minimum atomic E-state index is -0.328. The van der Waals surface area contributed by atoms with E-state index in [1.165, 1.54) is 6.33 Å². The van der Waals surface area contributed by atoms with Gasteiger partial charge < -0.3 is 11.1 Å². The first-order chi connectivity index (χ1) is 8.20. The van der Waals surface area contributed by atoms with Gasteiger partial charge in [-0.05, 0) is 6.92 Å². The standard InChI is InChI=1S/C9H13N7O/c1-2-16-4-6(10)8(15-16)9(17)11-3-7-12-5-13-14-7/h4-5H,2-3,10H2,1H3,(H,11,17)(H,12,13,14). The summed E-state index contributed by atoms with van der Waals surface area (Å²) in [6.07, 6.45) is 3.00. The molecule has 0 saturated heterocycles. The number of hydrogen-bond acceptors (Lipinski definition) is 5. The van der Waals surface area contributed by atoms with Gasteiger partial charge in [0.15, 0.2) is 5.69 Å². The van der Waals surface area contributed by atoms with Crippen molar-refractivity contribution in [3.8, 4) is 0 Å². The van der Waals surface area contributed by atoms with Crippen molar-refractivity contribution < 1.29 is 4.79 Å². The molecule has 0 aliphatic rings. The number of nitrogens with two attached hydrogens (primary N) is 1. The third-order valence-corrected chi connectivity index (χ3v) is 2.21. The molecule has 0 aliphatic carbocycles. The van der Waals surface area contributed by atoms with E-state index in [2.05, 4.69) is 25.6 Å². The first-order valence-electron chi connectivity index (χ1n) is 5.16. The Balaban J connectivity index is 2.01. The van der Waals surface area contributed by atoms with E-state index in [9.17, 15) is 4.79 Å². The van der Waals surface area contributed by atoms with E-state index in [0.717, 1.165) is 0 Å². The molecule has 0 bridgehead atoms. The van der Waals surface area contributed by atoms with E-state index in [4.69, 9.17) is 5.73 Å². The van der Waals surface area contributed by atoms with Gasteiger partial charge in [0.25, 0.3) is 5.91 Å². The number of H-pyrrole nitrogens is 1. The first kappa shape index (κ1) is 11.1. The maximum atomic E-state index is 11.8. The third-order valence-electron chi connectivity index (χ3n) is 2.21. The second-order valence-electron chi connectivity index (χ2n) is 3.40. The van der Waals surface area contributed by atoms with Crippen molar-refractivity contribution in [3.05, 3.63) is 24.0 Å². The van der Waals surface area contributed by atoms with Crippen LogP contribution in [0.15, 0.2) is 12.5 Å². The number of nitrogens with zero attached hydrogens (tertiary/aromatic N) is 4. The molecule has 0 fully saturated rings. The number of aromatic amines is 1.